The Morgan fingerprint density at radius 2 is 1.95 bits per heavy atom. The zero-order valence-corrected chi connectivity index (χ0v) is 12.1. The normalized spacial score (nSPS) is 9.26. The van der Waals surface area contributed by atoms with Crippen LogP contribution in [0.2, 0.25) is 0 Å². The van der Waals surface area contributed by atoms with Crippen LogP contribution >= 0.6 is 0 Å². The molecule has 1 aromatic heterocycles. The number of nitrogens with zero attached hydrogens (tertiary/aromatic N) is 2. The summed E-state index contributed by atoms with van der Waals surface area (Å²) in [6.45, 7) is 2.23. The van der Waals surface area contributed by atoms with Crippen LogP contribution in [0, 0.1) is 18.3 Å². The molecule has 2 rings (SSSR count). The number of hydrogen-bond donors (Lipinski definition) is 0. The van der Waals surface area contributed by atoms with Gasteiger partial charge < -0.3 is 17.0 Å². The van der Waals surface area contributed by atoms with Gasteiger partial charge in [-0.1, -0.05) is 29.8 Å². The summed E-state index contributed by atoms with van der Waals surface area (Å²) in [4.78, 5) is 12.0. The molecule has 2 aromatic rings. The van der Waals surface area contributed by atoms with Crippen LogP contribution in [-0.2, 0) is 6.54 Å². The summed E-state index contributed by atoms with van der Waals surface area (Å²) < 4.78 is 1.72. The Hall–Kier alpha value is -1.99. The van der Waals surface area contributed by atoms with E-state index in [2.05, 4.69) is 6.07 Å². The highest BCUT2D eigenvalue weighted by Crippen LogP contribution is 2.04. The Balaban J connectivity index is 0.00000180. The molecule has 96 valence electrons. The Morgan fingerprint density at radius 3 is 2.58 bits per heavy atom. The molecule has 3 nitrogen and oxygen atoms in total. The Kier molecular flexibility index (Phi) is 5.40. The van der Waals surface area contributed by atoms with E-state index in [4.69, 9.17) is 5.26 Å². The van der Waals surface area contributed by atoms with Crippen molar-refractivity contribution in [1.29, 1.82) is 5.26 Å². The number of ketones is 1. The van der Waals surface area contributed by atoms with Crippen LogP contribution in [-0.4, -0.2) is 5.78 Å². The van der Waals surface area contributed by atoms with E-state index < -0.39 is 0 Å². The minimum absolute atomic E-state index is 0. The number of carbonyl (C=O) groups excluding carboxylic acids is 1. The van der Waals surface area contributed by atoms with E-state index in [1.165, 1.54) is 0 Å². The lowest BCUT2D eigenvalue weighted by Crippen LogP contribution is -3.00. The van der Waals surface area contributed by atoms with Crippen molar-refractivity contribution in [1.82, 2.24) is 0 Å². The van der Waals surface area contributed by atoms with Gasteiger partial charge in [0.05, 0.1) is 0 Å². The average molecular weight is 317 g/mol. The largest absolute Gasteiger partial charge is 1.00 e. The van der Waals surface area contributed by atoms with Gasteiger partial charge in [0.25, 0.3) is 0 Å². The van der Waals surface area contributed by atoms with Crippen LogP contribution in [0.4, 0.5) is 0 Å². The van der Waals surface area contributed by atoms with E-state index >= 15 is 0 Å². The van der Waals surface area contributed by atoms with Gasteiger partial charge in [-0.25, -0.2) is 0 Å². The van der Waals surface area contributed by atoms with Crippen LogP contribution < -0.4 is 21.5 Å². The first-order chi connectivity index (χ1) is 8.69. The predicted octanol–water partition coefficient (Wildman–Crippen LogP) is -0.959. The third kappa shape index (κ3) is 4.01. The van der Waals surface area contributed by atoms with Crippen molar-refractivity contribution < 1.29 is 26.3 Å². The number of benzene rings is 1. The summed E-state index contributed by atoms with van der Waals surface area (Å²) in [5.41, 5.74) is 2.37. The molecule has 0 N–H and O–H groups in total. The number of carbonyl (C=O) groups is 1. The van der Waals surface area contributed by atoms with Gasteiger partial charge in [0.2, 0.25) is 12.3 Å². The van der Waals surface area contributed by atoms with Gasteiger partial charge in [0, 0.05) is 11.6 Å². The molecular weight excluding hydrogens is 304 g/mol. The summed E-state index contributed by atoms with van der Waals surface area (Å²) in [5.74, 6) is 0.0371. The van der Waals surface area contributed by atoms with Crippen molar-refractivity contribution in [3.8, 4) is 6.07 Å². The van der Waals surface area contributed by atoms with Crippen LogP contribution in [0.25, 0.3) is 0 Å². The van der Waals surface area contributed by atoms with E-state index in [9.17, 15) is 4.79 Å². The second kappa shape index (κ2) is 6.81. The highest BCUT2D eigenvalue weighted by Gasteiger charge is 2.12. The quantitative estimate of drug-likeness (QED) is 0.541. The molecule has 19 heavy (non-hydrogen) atoms. The summed E-state index contributed by atoms with van der Waals surface area (Å²) in [5, 5.41) is 8.80. The fraction of sp³-hybridized carbons (Fsp3) is 0.133. The molecule has 0 atom stereocenters. The molecule has 0 saturated heterocycles. The smallest absolute Gasteiger partial charge is 0.227 e. The number of pyridine rings is 1. The molecule has 0 unspecified atom stereocenters. The number of hydrogen-bond acceptors (Lipinski definition) is 2. The van der Waals surface area contributed by atoms with E-state index in [-0.39, 0.29) is 29.3 Å². The van der Waals surface area contributed by atoms with Crippen molar-refractivity contribution in [3.05, 3.63) is 65.5 Å². The molecule has 0 bridgehead atoms. The lowest BCUT2D eigenvalue weighted by molar-refractivity contribution is -0.683. The second-order valence-corrected chi connectivity index (χ2v) is 4.17. The molecule has 0 spiro atoms. The zero-order valence-electron chi connectivity index (χ0n) is 10.5. The fourth-order valence-corrected chi connectivity index (χ4v) is 1.68. The third-order valence-electron chi connectivity index (χ3n) is 2.69. The van der Waals surface area contributed by atoms with Gasteiger partial charge in [-0.15, -0.1) is 0 Å². The minimum Gasteiger partial charge on any atom is -1.00 e. The molecule has 0 aliphatic rings. The summed E-state index contributed by atoms with van der Waals surface area (Å²) in [6.07, 6.45) is 3.46. The van der Waals surface area contributed by atoms with Crippen molar-refractivity contribution >= 4 is 5.78 Å². The standard InChI is InChI=1S/C15H13N2O.BrH/c1-12-4-6-14(7-5-12)15(18)11-17-8-2-3-13(9-16)10-17;/h2-8,10H,11H2,1H3;1H/q+1;/p-1. The molecule has 1 aromatic carbocycles. The molecule has 1 heterocycles. The van der Waals surface area contributed by atoms with Gasteiger partial charge in [0.1, 0.15) is 11.6 Å². The van der Waals surface area contributed by atoms with Crippen molar-refractivity contribution in [2.24, 2.45) is 0 Å². The molecule has 4 heteroatoms. The maximum Gasteiger partial charge on any atom is 0.227 e. The van der Waals surface area contributed by atoms with Crippen molar-refractivity contribution in [2.75, 3.05) is 0 Å². The van der Waals surface area contributed by atoms with E-state index in [0.29, 0.717) is 11.1 Å². The van der Waals surface area contributed by atoms with Crippen LogP contribution in [0.5, 0.6) is 0 Å². The highest BCUT2D eigenvalue weighted by atomic mass is 79.9. The maximum atomic E-state index is 12.0. The third-order valence-corrected chi connectivity index (χ3v) is 2.69. The van der Waals surface area contributed by atoms with Gasteiger partial charge >= 0.3 is 0 Å². The first-order valence-electron chi connectivity index (χ1n) is 5.68. The SMILES string of the molecule is Cc1ccc(C(=O)C[n+]2cccc(C#N)c2)cc1.[Br-]. The Labute approximate surface area is 122 Å². The summed E-state index contributed by atoms with van der Waals surface area (Å²) >= 11 is 0. The van der Waals surface area contributed by atoms with Gasteiger partial charge in [-0.2, -0.15) is 9.83 Å². The van der Waals surface area contributed by atoms with E-state index in [0.717, 1.165) is 5.56 Å². The fourth-order valence-electron chi connectivity index (χ4n) is 1.68. The Bertz CT molecular complexity index is 615. The van der Waals surface area contributed by atoms with Gasteiger partial charge in [0.15, 0.2) is 12.4 Å². The van der Waals surface area contributed by atoms with Crippen molar-refractivity contribution in [2.45, 2.75) is 13.5 Å². The summed E-state index contributed by atoms with van der Waals surface area (Å²) in [7, 11) is 0. The lowest BCUT2D eigenvalue weighted by Gasteiger charge is -1.99. The monoisotopic (exact) mass is 316 g/mol. The summed E-state index contributed by atoms with van der Waals surface area (Å²) in [6, 6.07) is 13.0. The number of Topliss-reactive ketones (excluding diaryl/α,β-unsaturated/α-hetero) is 1. The highest BCUT2D eigenvalue weighted by molar-refractivity contribution is 5.95. The minimum atomic E-state index is 0. The number of nitriles is 1. The molecule has 0 amide bonds. The van der Waals surface area contributed by atoms with E-state index in [1.807, 2.05) is 31.2 Å². The van der Waals surface area contributed by atoms with Crippen LogP contribution in [0.1, 0.15) is 21.5 Å². The number of aromatic nitrogens is 1. The van der Waals surface area contributed by atoms with E-state index in [1.54, 1.807) is 29.1 Å². The Morgan fingerprint density at radius 1 is 1.26 bits per heavy atom. The molecular formula is C15H13BrN2O. The maximum absolute atomic E-state index is 12.0. The van der Waals surface area contributed by atoms with Crippen LogP contribution in [0.15, 0.2) is 48.8 Å². The topological polar surface area (TPSA) is 44.7 Å². The average Bonchev–Trinajstić information content (AvgIpc) is 2.39. The first kappa shape index (κ1) is 15.1. The zero-order chi connectivity index (χ0) is 13.0. The number of aryl methyl sites for hydroxylation is 1. The predicted molar refractivity (Wildman–Crippen MR) is 66.9 cm³/mol. The number of halogens is 1. The first-order valence-corrected chi connectivity index (χ1v) is 5.68. The van der Waals surface area contributed by atoms with Crippen LogP contribution in [0.3, 0.4) is 0 Å². The number of rotatable bonds is 3. The lowest BCUT2D eigenvalue weighted by atomic mass is 10.1. The molecule has 0 radical (unpaired) electrons. The molecule has 0 fully saturated rings. The van der Waals surface area contributed by atoms with Gasteiger partial charge in [-0.3, -0.25) is 4.79 Å². The second-order valence-electron chi connectivity index (χ2n) is 4.17. The molecule has 0 saturated carbocycles. The molecule has 0 aliphatic carbocycles. The van der Waals surface area contributed by atoms with Crippen molar-refractivity contribution in [3.63, 3.8) is 0 Å². The van der Waals surface area contributed by atoms with Gasteiger partial charge in [-0.05, 0) is 13.0 Å². The molecule has 0 aliphatic heterocycles.